The highest BCUT2D eigenvalue weighted by Crippen LogP contribution is 2.04. The summed E-state index contributed by atoms with van der Waals surface area (Å²) in [4.78, 5) is 4.26. The van der Waals surface area contributed by atoms with E-state index in [9.17, 15) is 5.11 Å². The average molecular weight is 241 g/mol. The second kappa shape index (κ2) is 7.62. The fourth-order valence-corrected chi connectivity index (χ4v) is 1.94. The van der Waals surface area contributed by atoms with E-state index in [0.717, 1.165) is 26.3 Å². The normalized spacial score (nSPS) is 21.1. The van der Waals surface area contributed by atoms with Crippen LogP contribution in [0.5, 0.6) is 0 Å². The Labute approximate surface area is 104 Å². The number of aliphatic hydroxyl groups is 1. The van der Waals surface area contributed by atoms with Gasteiger partial charge in [-0.25, -0.2) is 0 Å². The van der Waals surface area contributed by atoms with Crippen molar-refractivity contribution in [1.29, 1.82) is 5.26 Å². The highest BCUT2D eigenvalue weighted by atomic mass is 16.5. The van der Waals surface area contributed by atoms with Crippen molar-refractivity contribution in [2.45, 2.75) is 25.5 Å². The van der Waals surface area contributed by atoms with E-state index in [1.165, 1.54) is 0 Å². The molecule has 5 nitrogen and oxygen atoms in total. The first-order valence-corrected chi connectivity index (χ1v) is 6.19. The second-order valence-electron chi connectivity index (χ2n) is 4.72. The fraction of sp³-hybridized carbons (Fsp3) is 0.917. The van der Waals surface area contributed by atoms with Crippen molar-refractivity contribution in [3.05, 3.63) is 0 Å². The van der Waals surface area contributed by atoms with Gasteiger partial charge in [-0.15, -0.1) is 0 Å². The van der Waals surface area contributed by atoms with Gasteiger partial charge in [0.15, 0.2) is 0 Å². The van der Waals surface area contributed by atoms with Gasteiger partial charge >= 0.3 is 0 Å². The number of nitriles is 1. The summed E-state index contributed by atoms with van der Waals surface area (Å²) in [6, 6.07) is 2.35. The second-order valence-corrected chi connectivity index (χ2v) is 4.72. The zero-order valence-corrected chi connectivity index (χ0v) is 10.8. The van der Waals surface area contributed by atoms with E-state index < -0.39 is 0 Å². The lowest BCUT2D eigenvalue weighted by Gasteiger charge is -2.31. The molecule has 0 radical (unpaired) electrons. The molecule has 17 heavy (non-hydrogen) atoms. The minimum Gasteiger partial charge on any atom is -0.390 e. The molecule has 1 aliphatic rings. The zero-order chi connectivity index (χ0) is 12.7. The van der Waals surface area contributed by atoms with Crippen LogP contribution in [0.25, 0.3) is 0 Å². The van der Waals surface area contributed by atoms with E-state index in [2.05, 4.69) is 11.0 Å². The van der Waals surface area contributed by atoms with E-state index in [4.69, 9.17) is 10.00 Å². The van der Waals surface area contributed by atoms with Gasteiger partial charge in [0, 0.05) is 32.2 Å². The van der Waals surface area contributed by atoms with Crippen molar-refractivity contribution >= 4 is 0 Å². The summed E-state index contributed by atoms with van der Waals surface area (Å²) in [5.74, 6) is 0. The summed E-state index contributed by atoms with van der Waals surface area (Å²) in [7, 11) is 1.95. The van der Waals surface area contributed by atoms with Crippen LogP contribution in [0.4, 0.5) is 0 Å². The molecule has 0 amide bonds. The maximum atomic E-state index is 9.98. The van der Waals surface area contributed by atoms with Gasteiger partial charge in [0.2, 0.25) is 0 Å². The van der Waals surface area contributed by atoms with Crippen LogP contribution in [0, 0.1) is 11.3 Å². The highest BCUT2D eigenvalue weighted by molar-refractivity contribution is 4.80. The third kappa shape index (κ3) is 5.46. The molecule has 1 rings (SSSR count). The molecule has 1 fully saturated rings. The van der Waals surface area contributed by atoms with E-state index in [0.29, 0.717) is 19.5 Å². The Hall–Kier alpha value is -0.670. The van der Waals surface area contributed by atoms with Gasteiger partial charge in [-0.05, 0) is 14.0 Å². The summed E-state index contributed by atoms with van der Waals surface area (Å²) in [6.07, 6.45) is 0.139. The predicted molar refractivity (Wildman–Crippen MR) is 65.6 cm³/mol. The van der Waals surface area contributed by atoms with E-state index in [1.54, 1.807) is 0 Å². The number of morpholine rings is 1. The van der Waals surface area contributed by atoms with Crippen molar-refractivity contribution in [2.24, 2.45) is 0 Å². The molecule has 0 aliphatic carbocycles. The number of rotatable bonds is 6. The molecule has 0 aromatic carbocycles. The van der Waals surface area contributed by atoms with Crippen molar-refractivity contribution in [3.8, 4) is 6.07 Å². The van der Waals surface area contributed by atoms with E-state index in [-0.39, 0.29) is 12.1 Å². The van der Waals surface area contributed by atoms with Crippen LogP contribution in [0.1, 0.15) is 13.3 Å². The molecule has 1 heterocycles. The lowest BCUT2D eigenvalue weighted by atomic mass is 10.2. The molecule has 1 saturated heterocycles. The molecular weight excluding hydrogens is 218 g/mol. The Bertz CT molecular complexity index is 249. The van der Waals surface area contributed by atoms with Crippen LogP contribution >= 0.6 is 0 Å². The van der Waals surface area contributed by atoms with Gasteiger partial charge < -0.3 is 14.7 Å². The molecule has 5 heteroatoms. The quantitative estimate of drug-likeness (QED) is 0.704. The van der Waals surface area contributed by atoms with Crippen molar-refractivity contribution in [1.82, 2.24) is 9.80 Å². The molecule has 1 aliphatic heterocycles. The molecule has 1 N–H and O–H groups in total. The average Bonchev–Trinajstić information content (AvgIpc) is 2.30. The number of hydrogen-bond acceptors (Lipinski definition) is 5. The first-order chi connectivity index (χ1) is 8.13. The molecule has 2 atom stereocenters. The minimum atomic E-state index is -0.362. The number of likely N-dealkylation sites (N-methyl/N-ethyl adjacent to an activating group) is 1. The van der Waals surface area contributed by atoms with Gasteiger partial charge in [-0.1, -0.05) is 0 Å². The summed E-state index contributed by atoms with van der Waals surface area (Å²) < 4.78 is 5.26. The Morgan fingerprint density at radius 2 is 2.12 bits per heavy atom. The van der Waals surface area contributed by atoms with Crippen molar-refractivity contribution < 1.29 is 9.84 Å². The first-order valence-electron chi connectivity index (χ1n) is 6.19. The minimum absolute atomic E-state index is 0.194. The number of hydrogen-bond donors (Lipinski definition) is 1. The Balaban J connectivity index is 2.23. The van der Waals surface area contributed by atoms with Crippen molar-refractivity contribution in [3.63, 3.8) is 0 Å². The first kappa shape index (κ1) is 14.4. The van der Waals surface area contributed by atoms with Gasteiger partial charge in [-0.2, -0.15) is 5.26 Å². The Morgan fingerprint density at radius 1 is 1.47 bits per heavy atom. The summed E-state index contributed by atoms with van der Waals surface area (Å²) in [5, 5.41) is 18.6. The maximum absolute atomic E-state index is 9.98. The molecule has 0 saturated carbocycles. The topological polar surface area (TPSA) is 59.7 Å². The lowest BCUT2D eigenvalue weighted by Crippen LogP contribution is -2.45. The third-order valence-corrected chi connectivity index (χ3v) is 3.21. The third-order valence-electron chi connectivity index (χ3n) is 3.21. The van der Waals surface area contributed by atoms with Crippen LogP contribution in [-0.2, 0) is 4.74 Å². The fourth-order valence-electron chi connectivity index (χ4n) is 1.94. The number of ether oxygens (including phenoxy) is 1. The van der Waals surface area contributed by atoms with Crippen molar-refractivity contribution in [2.75, 3.05) is 46.4 Å². The van der Waals surface area contributed by atoms with Gasteiger partial charge in [-0.3, -0.25) is 4.90 Å². The molecule has 0 bridgehead atoms. The van der Waals surface area contributed by atoms with Crippen LogP contribution in [0.15, 0.2) is 0 Å². The smallest absolute Gasteiger partial charge is 0.0793 e. The number of β-amino-alcohol motifs (C(OH)–C–C–N with tert-alkyl or cyclic N) is 1. The largest absolute Gasteiger partial charge is 0.390 e. The van der Waals surface area contributed by atoms with Gasteiger partial charge in [0.25, 0.3) is 0 Å². The van der Waals surface area contributed by atoms with Gasteiger partial charge in [0.05, 0.1) is 31.8 Å². The van der Waals surface area contributed by atoms with Crippen LogP contribution in [0.2, 0.25) is 0 Å². The Kier molecular flexibility index (Phi) is 6.45. The molecule has 98 valence electrons. The molecule has 2 unspecified atom stereocenters. The lowest BCUT2D eigenvalue weighted by molar-refractivity contribution is 0.00646. The number of nitrogens with zero attached hydrogens (tertiary/aromatic N) is 3. The molecular formula is C12H23N3O2. The SMILES string of the molecule is CC(CC#N)N(C)CC(O)CN1CCOCC1. The summed E-state index contributed by atoms with van der Waals surface area (Å²) >= 11 is 0. The monoisotopic (exact) mass is 241 g/mol. The molecule has 0 aromatic rings. The number of aliphatic hydroxyl groups excluding tert-OH is 1. The Morgan fingerprint density at radius 3 is 2.71 bits per heavy atom. The summed E-state index contributed by atoms with van der Waals surface area (Å²) in [6.45, 7) is 6.61. The van der Waals surface area contributed by atoms with Gasteiger partial charge in [0.1, 0.15) is 0 Å². The summed E-state index contributed by atoms with van der Waals surface area (Å²) in [5.41, 5.74) is 0. The predicted octanol–water partition coefficient (Wildman–Crippen LogP) is -0.0865. The standard InChI is InChI=1S/C12H23N3O2/c1-11(3-4-13)14(2)9-12(16)10-15-5-7-17-8-6-15/h11-12,16H,3,5-10H2,1-2H3. The maximum Gasteiger partial charge on any atom is 0.0793 e. The highest BCUT2D eigenvalue weighted by Gasteiger charge is 2.18. The van der Waals surface area contributed by atoms with Crippen LogP contribution in [-0.4, -0.2) is 73.5 Å². The van der Waals surface area contributed by atoms with E-state index >= 15 is 0 Å². The molecule has 0 aromatic heterocycles. The molecule has 0 spiro atoms. The van der Waals surface area contributed by atoms with Crippen LogP contribution < -0.4 is 0 Å². The van der Waals surface area contributed by atoms with E-state index in [1.807, 2.05) is 18.9 Å². The van der Waals surface area contributed by atoms with Crippen LogP contribution in [0.3, 0.4) is 0 Å². The zero-order valence-electron chi connectivity index (χ0n) is 10.8.